The van der Waals surface area contributed by atoms with Crippen LogP contribution in [-0.2, 0) is 0 Å². The third kappa shape index (κ3) is 1.44. The molecule has 2 heterocycles. The normalized spacial score (nSPS) is 19.9. The molecular weight excluding hydrogens is 200 g/mol. The van der Waals surface area contributed by atoms with Gasteiger partial charge in [-0.15, -0.1) is 0 Å². The average molecular weight is 214 g/mol. The Bertz CT molecular complexity index is 332. The van der Waals surface area contributed by atoms with Crippen molar-refractivity contribution in [2.45, 2.75) is 19.4 Å². The fraction of sp³-hybridized carbons (Fsp3) is 0.750. The average Bonchev–Trinajstić information content (AvgIpc) is 2.45. The summed E-state index contributed by atoms with van der Waals surface area (Å²) in [5.74, 6) is 0.578. The smallest absolute Gasteiger partial charge is 0.233 e. The van der Waals surface area contributed by atoms with E-state index in [1.165, 1.54) is 11.5 Å². The highest BCUT2D eigenvalue weighted by molar-refractivity contribution is 7.09. The molecule has 78 valence electrons. The summed E-state index contributed by atoms with van der Waals surface area (Å²) in [6.07, 6.45) is 0. The van der Waals surface area contributed by atoms with E-state index >= 15 is 0 Å². The molecule has 0 bridgehead atoms. The summed E-state index contributed by atoms with van der Waals surface area (Å²) in [7, 11) is 0. The summed E-state index contributed by atoms with van der Waals surface area (Å²) in [4.78, 5) is 6.05. The molecule has 1 aromatic heterocycles. The van der Waals surface area contributed by atoms with E-state index in [2.05, 4.69) is 9.36 Å². The number of anilines is 2. The fourth-order valence-corrected chi connectivity index (χ4v) is 2.06. The lowest BCUT2D eigenvalue weighted by Crippen LogP contribution is -2.64. The third-order valence-corrected chi connectivity index (χ3v) is 3.50. The number of nitrogens with two attached hydrogens (primary N) is 1. The number of aromatic nitrogens is 2. The molecule has 0 saturated carbocycles. The zero-order valence-electron chi connectivity index (χ0n) is 8.27. The van der Waals surface area contributed by atoms with E-state index in [0.29, 0.717) is 19.0 Å². The van der Waals surface area contributed by atoms with Crippen molar-refractivity contribution in [2.75, 3.05) is 23.7 Å². The predicted octanol–water partition coefficient (Wildman–Crippen LogP) is 0.327. The fourth-order valence-electron chi connectivity index (χ4n) is 1.47. The van der Waals surface area contributed by atoms with Crippen LogP contribution in [0.3, 0.4) is 0 Å². The first-order valence-electron chi connectivity index (χ1n) is 4.58. The quantitative estimate of drug-likeness (QED) is 0.742. The van der Waals surface area contributed by atoms with Gasteiger partial charge in [0, 0.05) is 11.5 Å². The van der Waals surface area contributed by atoms with Gasteiger partial charge >= 0.3 is 0 Å². The van der Waals surface area contributed by atoms with Gasteiger partial charge in [-0.25, -0.2) is 0 Å². The maximum absolute atomic E-state index is 10.0. The summed E-state index contributed by atoms with van der Waals surface area (Å²) in [5.41, 5.74) is 4.85. The van der Waals surface area contributed by atoms with Gasteiger partial charge in [0.05, 0.1) is 13.1 Å². The Hall–Kier alpha value is -0.880. The zero-order valence-corrected chi connectivity index (χ0v) is 9.08. The number of aliphatic hydroxyl groups is 1. The molecule has 6 heteroatoms. The molecule has 1 fully saturated rings. The van der Waals surface area contributed by atoms with E-state index in [4.69, 9.17) is 5.73 Å². The predicted molar refractivity (Wildman–Crippen MR) is 56.3 cm³/mol. The molecule has 1 saturated heterocycles. The summed E-state index contributed by atoms with van der Waals surface area (Å²) in [6.45, 7) is 5.29. The molecule has 0 radical (unpaired) electrons. The SMILES string of the molecule is CC(C)C1(O)CN(c2nc(N)ns2)C1. The Labute approximate surface area is 86.7 Å². The van der Waals surface area contributed by atoms with Crippen LogP contribution in [0.1, 0.15) is 13.8 Å². The maximum atomic E-state index is 10.0. The van der Waals surface area contributed by atoms with Gasteiger partial charge in [-0.1, -0.05) is 13.8 Å². The molecule has 1 aliphatic heterocycles. The highest BCUT2D eigenvalue weighted by atomic mass is 32.1. The number of hydrogen-bond acceptors (Lipinski definition) is 6. The minimum Gasteiger partial charge on any atom is -0.386 e. The van der Waals surface area contributed by atoms with Crippen molar-refractivity contribution in [3.63, 3.8) is 0 Å². The first-order valence-corrected chi connectivity index (χ1v) is 5.35. The Morgan fingerprint density at radius 1 is 1.57 bits per heavy atom. The zero-order chi connectivity index (χ0) is 10.3. The lowest BCUT2D eigenvalue weighted by Gasteiger charge is -2.48. The Morgan fingerprint density at radius 2 is 2.21 bits per heavy atom. The number of β-amino-alcohol motifs (C(OH)–C–C–N with tert-alkyl or cyclic N) is 1. The van der Waals surface area contributed by atoms with Crippen molar-refractivity contribution in [2.24, 2.45) is 5.92 Å². The van der Waals surface area contributed by atoms with E-state index in [1.54, 1.807) is 0 Å². The van der Waals surface area contributed by atoms with E-state index in [1.807, 2.05) is 18.7 Å². The molecule has 1 aromatic rings. The van der Waals surface area contributed by atoms with Gasteiger partial charge in [0.1, 0.15) is 5.60 Å². The first kappa shape index (κ1) is 9.67. The number of nitrogen functional groups attached to an aromatic ring is 1. The van der Waals surface area contributed by atoms with Gasteiger partial charge in [0.2, 0.25) is 11.1 Å². The summed E-state index contributed by atoms with van der Waals surface area (Å²) < 4.78 is 3.90. The molecule has 3 N–H and O–H groups in total. The topological polar surface area (TPSA) is 75.3 Å². The van der Waals surface area contributed by atoms with E-state index in [9.17, 15) is 5.11 Å². The second-order valence-electron chi connectivity index (χ2n) is 4.05. The molecule has 0 aliphatic carbocycles. The second kappa shape index (κ2) is 3.06. The summed E-state index contributed by atoms with van der Waals surface area (Å²) >= 11 is 1.27. The van der Waals surface area contributed by atoms with Crippen LogP contribution in [0.2, 0.25) is 0 Å². The van der Waals surface area contributed by atoms with Crippen molar-refractivity contribution in [1.29, 1.82) is 0 Å². The van der Waals surface area contributed by atoms with Crippen LogP contribution < -0.4 is 10.6 Å². The van der Waals surface area contributed by atoms with Gasteiger partial charge in [-0.05, 0) is 5.92 Å². The van der Waals surface area contributed by atoms with Crippen LogP contribution in [0.5, 0.6) is 0 Å². The largest absolute Gasteiger partial charge is 0.386 e. The van der Waals surface area contributed by atoms with Crippen molar-refractivity contribution in [1.82, 2.24) is 9.36 Å². The Balaban J connectivity index is 2.01. The third-order valence-electron chi connectivity index (χ3n) is 2.71. The van der Waals surface area contributed by atoms with Crippen LogP contribution >= 0.6 is 11.5 Å². The Morgan fingerprint density at radius 3 is 2.64 bits per heavy atom. The minimum atomic E-state index is -0.569. The number of nitrogens with zero attached hydrogens (tertiary/aromatic N) is 3. The van der Waals surface area contributed by atoms with Crippen molar-refractivity contribution < 1.29 is 5.11 Å². The molecule has 1 aliphatic rings. The highest BCUT2D eigenvalue weighted by Gasteiger charge is 2.44. The van der Waals surface area contributed by atoms with Crippen molar-refractivity contribution in [3.05, 3.63) is 0 Å². The van der Waals surface area contributed by atoms with E-state index < -0.39 is 5.60 Å². The van der Waals surface area contributed by atoms with Gasteiger partial charge in [0.25, 0.3) is 0 Å². The molecule has 2 rings (SSSR count). The van der Waals surface area contributed by atoms with Crippen LogP contribution in [0.25, 0.3) is 0 Å². The van der Waals surface area contributed by atoms with Gasteiger partial charge in [-0.2, -0.15) is 9.36 Å². The van der Waals surface area contributed by atoms with Crippen LogP contribution in [0.15, 0.2) is 0 Å². The highest BCUT2D eigenvalue weighted by Crippen LogP contribution is 2.33. The Kier molecular flexibility index (Phi) is 2.11. The van der Waals surface area contributed by atoms with E-state index in [0.717, 1.165) is 5.13 Å². The van der Waals surface area contributed by atoms with Gasteiger partial charge < -0.3 is 15.7 Å². The van der Waals surface area contributed by atoms with Crippen LogP contribution in [-0.4, -0.2) is 33.2 Å². The van der Waals surface area contributed by atoms with Crippen LogP contribution in [0.4, 0.5) is 11.1 Å². The lowest BCUT2D eigenvalue weighted by molar-refractivity contribution is -0.0300. The van der Waals surface area contributed by atoms with Crippen LogP contribution in [0, 0.1) is 5.92 Å². The van der Waals surface area contributed by atoms with E-state index in [-0.39, 0.29) is 5.92 Å². The minimum absolute atomic E-state index is 0.268. The molecule has 14 heavy (non-hydrogen) atoms. The number of hydrogen-bond donors (Lipinski definition) is 2. The van der Waals surface area contributed by atoms with Gasteiger partial charge in [-0.3, -0.25) is 0 Å². The monoisotopic (exact) mass is 214 g/mol. The van der Waals surface area contributed by atoms with Crippen molar-refractivity contribution in [3.8, 4) is 0 Å². The van der Waals surface area contributed by atoms with Gasteiger partial charge in [0.15, 0.2) is 0 Å². The maximum Gasteiger partial charge on any atom is 0.233 e. The standard InChI is InChI=1S/C8H14N4OS/c1-5(2)8(13)3-12(4-8)7-10-6(9)11-14-7/h5,13H,3-4H2,1-2H3,(H2,9,11). The second-order valence-corrected chi connectivity index (χ2v) is 4.78. The molecule has 0 atom stereocenters. The first-order chi connectivity index (χ1) is 6.51. The summed E-state index contributed by atoms with van der Waals surface area (Å²) in [5, 5.41) is 10.8. The lowest BCUT2D eigenvalue weighted by atomic mass is 9.83. The molecule has 0 amide bonds. The summed E-state index contributed by atoms with van der Waals surface area (Å²) in [6, 6.07) is 0. The van der Waals surface area contributed by atoms with Crippen molar-refractivity contribution >= 4 is 22.6 Å². The molecular formula is C8H14N4OS. The molecule has 0 aromatic carbocycles. The molecule has 0 spiro atoms. The molecule has 5 nitrogen and oxygen atoms in total. The molecule has 0 unspecified atom stereocenters. The number of rotatable bonds is 2.